The van der Waals surface area contributed by atoms with Crippen LogP contribution in [0.1, 0.15) is 22.2 Å². The summed E-state index contributed by atoms with van der Waals surface area (Å²) in [6, 6.07) is 3.69. The molecule has 2 aliphatic rings. The van der Waals surface area contributed by atoms with Crippen molar-refractivity contribution < 1.29 is 4.79 Å². The van der Waals surface area contributed by atoms with Crippen LogP contribution in [0.4, 0.5) is 5.82 Å². The maximum atomic E-state index is 13.3. The lowest BCUT2D eigenvalue weighted by atomic mass is 10.1. The molecule has 8 nitrogen and oxygen atoms in total. The normalized spacial score (nSPS) is 20.0. The fourth-order valence-corrected chi connectivity index (χ4v) is 3.80. The molecule has 2 aliphatic heterocycles. The van der Waals surface area contributed by atoms with Gasteiger partial charge in [0, 0.05) is 77.0 Å². The smallest absolute Gasteiger partial charge is 0.254 e. The first-order chi connectivity index (χ1) is 13.1. The minimum atomic E-state index is -0.0634. The van der Waals surface area contributed by atoms with E-state index in [1.807, 2.05) is 34.8 Å². The van der Waals surface area contributed by atoms with Gasteiger partial charge in [0.25, 0.3) is 5.91 Å². The predicted octanol–water partition coefficient (Wildman–Crippen LogP) is 1.20. The zero-order chi connectivity index (χ0) is 18.8. The van der Waals surface area contributed by atoms with Crippen molar-refractivity contribution in [2.75, 3.05) is 57.8 Å². The van der Waals surface area contributed by atoms with Gasteiger partial charge in [0.2, 0.25) is 0 Å². The van der Waals surface area contributed by atoms with Crippen LogP contribution in [0.2, 0.25) is 0 Å². The van der Waals surface area contributed by atoms with Crippen molar-refractivity contribution in [2.24, 2.45) is 7.05 Å². The maximum absolute atomic E-state index is 13.3. The Kier molecular flexibility index (Phi) is 8.27. The summed E-state index contributed by atoms with van der Waals surface area (Å²) in [6.45, 7) is 6.08. The molecule has 1 atom stereocenters. The van der Waals surface area contributed by atoms with Crippen LogP contribution in [0.5, 0.6) is 0 Å². The fraction of sp³-hybridized carbons (Fsp3) is 0.526. The number of amides is 1. The number of halogens is 2. The van der Waals surface area contributed by atoms with Gasteiger partial charge in [0.1, 0.15) is 17.7 Å². The Hall–Kier alpha value is -1.87. The number of pyridine rings is 1. The SMILES string of the molecule is CN1CCN(c2cc(C(=O)N3CCNCC3c3nccn3C)ccn2)CC1.Cl.Cl. The second-order valence-electron chi connectivity index (χ2n) is 7.31. The van der Waals surface area contributed by atoms with Gasteiger partial charge in [-0.15, -0.1) is 24.8 Å². The second kappa shape index (κ2) is 10.2. The summed E-state index contributed by atoms with van der Waals surface area (Å²) in [4.78, 5) is 28.8. The van der Waals surface area contributed by atoms with Crippen molar-refractivity contribution in [2.45, 2.75) is 6.04 Å². The number of carbonyl (C=O) groups is 1. The van der Waals surface area contributed by atoms with E-state index in [0.717, 1.165) is 44.4 Å². The number of aryl methyl sites for hydroxylation is 1. The quantitative estimate of drug-likeness (QED) is 0.771. The summed E-state index contributed by atoms with van der Waals surface area (Å²) in [5.74, 6) is 1.84. The molecule has 0 aromatic carbocycles. The zero-order valence-corrected chi connectivity index (χ0v) is 18.5. The Bertz CT molecular complexity index is 807. The lowest BCUT2D eigenvalue weighted by molar-refractivity contribution is 0.0621. The Balaban J connectivity index is 0.00000150. The number of likely N-dealkylation sites (N-methyl/N-ethyl adjacent to an activating group) is 1. The number of anilines is 1. The summed E-state index contributed by atoms with van der Waals surface area (Å²) in [6.07, 6.45) is 5.45. The number of rotatable bonds is 3. The van der Waals surface area contributed by atoms with Gasteiger partial charge >= 0.3 is 0 Å². The summed E-state index contributed by atoms with van der Waals surface area (Å²) in [5, 5.41) is 3.38. The molecule has 10 heteroatoms. The van der Waals surface area contributed by atoms with Gasteiger partial charge in [0.05, 0.1) is 0 Å². The highest BCUT2D eigenvalue weighted by atomic mass is 35.5. The van der Waals surface area contributed by atoms with Gasteiger partial charge in [-0.1, -0.05) is 0 Å². The number of imidazole rings is 1. The van der Waals surface area contributed by atoms with Crippen molar-refractivity contribution in [3.05, 3.63) is 42.1 Å². The number of hydrogen-bond acceptors (Lipinski definition) is 6. The molecular formula is C19H29Cl2N7O. The molecule has 0 saturated carbocycles. The van der Waals surface area contributed by atoms with E-state index in [-0.39, 0.29) is 36.8 Å². The molecule has 0 spiro atoms. The summed E-state index contributed by atoms with van der Waals surface area (Å²) in [5.41, 5.74) is 0.694. The predicted molar refractivity (Wildman–Crippen MR) is 118 cm³/mol. The van der Waals surface area contributed by atoms with Crippen molar-refractivity contribution >= 4 is 36.5 Å². The lowest BCUT2D eigenvalue weighted by Crippen LogP contribution is -2.49. The number of nitrogens with zero attached hydrogens (tertiary/aromatic N) is 6. The molecule has 29 heavy (non-hydrogen) atoms. The zero-order valence-electron chi connectivity index (χ0n) is 16.8. The molecule has 2 fully saturated rings. The van der Waals surface area contributed by atoms with E-state index >= 15 is 0 Å². The topological polar surface area (TPSA) is 69.5 Å². The maximum Gasteiger partial charge on any atom is 0.254 e. The third-order valence-corrected chi connectivity index (χ3v) is 5.48. The van der Waals surface area contributed by atoms with Gasteiger partial charge in [-0.25, -0.2) is 9.97 Å². The van der Waals surface area contributed by atoms with Crippen LogP contribution in [0.15, 0.2) is 30.7 Å². The Morgan fingerprint density at radius 2 is 1.83 bits per heavy atom. The molecule has 0 radical (unpaired) electrons. The molecule has 1 unspecified atom stereocenters. The van der Waals surface area contributed by atoms with Gasteiger partial charge < -0.3 is 24.6 Å². The summed E-state index contributed by atoms with van der Waals surface area (Å²) >= 11 is 0. The second-order valence-corrected chi connectivity index (χ2v) is 7.31. The fourth-order valence-electron chi connectivity index (χ4n) is 3.80. The Labute approximate surface area is 184 Å². The van der Waals surface area contributed by atoms with Crippen LogP contribution < -0.4 is 10.2 Å². The van der Waals surface area contributed by atoms with Crippen LogP contribution in [0.3, 0.4) is 0 Å². The standard InChI is InChI=1S/C19H27N7O.2ClH/c1-23-9-11-25(12-10-23)17-13-15(3-4-21-17)19(27)26-8-5-20-14-16(26)18-22-6-7-24(18)2;;/h3-4,6-7,13,16,20H,5,8-12,14H2,1-2H3;2*1H. The molecule has 1 amide bonds. The van der Waals surface area contributed by atoms with Crippen LogP contribution in [-0.2, 0) is 7.05 Å². The van der Waals surface area contributed by atoms with Gasteiger partial charge in [-0.3, -0.25) is 4.79 Å². The molecule has 2 aromatic heterocycles. The van der Waals surface area contributed by atoms with E-state index in [1.54, 1.807) is 12.4 Å². The molecule has 4 heterocycles. The highest BCUT2D eigenvalue weighted by Gasteiger charge is 2.31. The van der Waals surface area contributed by atoms with Crippen LogP contribution in [-0.4, -0.2) is 83.1 Å². The average molecular weight is 442 g/mol. The van der Waals surface area contributed by atoms with E-state index in [4.69, 9.17) is 0 Å². The van der Waals surface area contributed by atoms with Crippen LogP contribution >= 0.6 is 24.8 Å². The third-order valence-electron chi connectivity index (χ3n) is 5.48. The van der Waals surface area contributed by atoms with E-state index in [9.17, 15) is 4.79 Å². The van der Waals surface area contributed by atoms with Gasteiger partial charge in [0.15, 0.2) is 0 Å². The molecule has 4 rings (SSSR count). The number of hydrogen-bond donors (Lipinski definition) is 1. The summed E-state index contributed by atoms with van der Waals surface area (Å²) < 4.78 is 1.99. The molecule has 0 bridgehead atoms. The number of aromatic nitrogens is 3. The van der Waals surface area contributed by atoms with Crippen molar-refractivity contribution in [1.82, 2.24) is 29.7 Å². The summed E-state index contributed by atoms with van der Waals surface area (Å²) in [7, 11) is 4.10. The first-order valence-corrected chi connectivity index (χ1v) is 9.52. The van der Waals surface area contributed by atoms with Crippen molar-refractivity contribution in [1.29, 1.82) is 0 Å². The van der Waals surface area contributed by atoms with E-state index < -0.39 is 0 Å². The monoisotopic (exact) mass is 441 g/mol. The number of carbonyl (C=O) groups excluding carboxylic acids is 1. The third kappa shape index (κ3) is 5.01. The highest BCUT2D eigenvalue weighted by molar-refractivity contribution is 5.95. The average Bonchev–Trinajstić information content (AvgIpc) is 3.14. The lowest BCUT2D eigenvalue weighted by Gasteiger charge is -2.36. The van der Waals surface area contributed by atoms with Crippen LogP contribution in [0, 0.1) is 0 Å². The Morgan fingerprint density at radius 3 is 2.52 bits per heavy atom. The largest absolute Gasteiger partial charge is 0.354 e. The molecule has 2 saturated heterocycles. The minimum absolute atomic E-state index is 0. The van der Waals surface area contributed by atoms with E-state index in [0.29, 0.717) is 18.7 Å². The molecule has 160 valence electrons. The van der Waals surface area contributed by atoms with E-state index in [1.165, 1.54) is 0 Å². The van der Waals surface area contributed by atoms with Crippen molar-refractivity contribution in [3.63, 3.8) is 0 Å². The van der Waals surface area contributed by atoms with E-state index in [2.05, 4.69) is 32.1 Å². The molecule has 1 N–H and O–H groups in total. The number of nitrogens with one attached hydrogen (secondary N) is 1. The molecule has 2 aromatic rings. The minimum Gasteiger partial charge on any atom is -0.354 e. The van der Waals surface area contributed by atoms with Crippen molar-refractivity contribution in [3.8, 4) is 0 Å². The molecule has 0 aliphatic carbocycles. The highest BCUT2D eigenvalue weighted by Crippen LogP contribution is 2.24. The van der Waals surface area contributed by atoms with Gasteiger partial charge in [-0.05, 0) is 19.2 Å². The first-order valence-electron chi connectivity index (χ1n) is 9.52. The Morgan fingerprint density at radius 1 is 1.07 bits per heavy atom. The molecular weight excluding hydrogens is 413 g/mol. The van der Waals surface area contributed by atoms with Crippen LogP contribution in [0.25, 0.3) is 0 Å². The number of piperazine rings is 2. The van der Waals surface area contributed by atoms with Gasteiger partial charge in [-0.2, -0.15) is 0 Å². The first kappa shape index (κ1) is 23.4.